The third-order valence-corrected chi connectivity index (χ3v) is 1.11. The van der Waals surface area contributed by atoms with Crippen LogP contribution in [0.3, 0.4) is 0 Å². The Labute approximate surface area is 65.5 Å². The van der Waals surface area contributed by atoms with Crippen molar-refractivity contribution >= 4 is 22.6 Å². The van der Waals surface area contributed by atoms with E-state index in [-0.39, 0.29) is 0 Å². The van der Waals surface area contributed by atoms with E-state index in [4.69, 9.17) is 0 Å². The van der Waals surface area contributed by atoms with Gasteiger partial charge < -0.3 is 0 Å². The lowest BCUT2D eigenvalue weighted by Gasteiger charge is -2.07. The summed E-state index contributed by atoms with van der Waals surface area (Å²) in [5, 5.41) is 0. The molecule has 0 aromatic heterocycles. The van der Waals surface area contributed by atoms with E-state index in [9.17, 15) is 0 Å². The minimum atomic E-state index is 0.341. The Morgan fingerprint density at radius 2 is 2.00 bits per heavy atom. The first-order chi connectivity index (χ1) is 3.56. The molecule has 0 saturated heterocycles. The topological polar surface area (TPSA) is 0 Å². The third kappa shape index (κ3) is 6.47. The number of hydrogen-bond donors (Lipinski definition) is 0. The molecule has 0 aromatic rings. The third-order valence-electron chi connectivity index (χ3n) is 0.750. The van der Waals surface area contributed by atoms with Gasteiger partial charge in [-0.15, -0.1) is 0 Å². The minimum Gasteiger partial charge on any atom is -0.0875 e. The van der Waals surface area contributed by atoms with E-state index in [0.29, 0.717) is 3.42 Å². The van der Waals surface area contributed by atoms with Crippen LogP contribution in [-0.2, 0) is 0 Å². The maximum absolute atomic E-state index is 2.41. The summed E-state index contributed by atoms with van der Waals surface area (Å²) in [6, 6.07) is 0. The molecule has 0 spiro atoms. The second kappa shape index (κ2) is 3.49. The summed E-state index contributed by atoms with van der Waals surface area (Å²) < 4.78 is 0.341. The van der Waals surface area contributed by atoms with Crippen LogP contribution in [0.15, 0.2) is 12.2 Å². The van der Waals surface area contributed by atoms with Crippen molar-refractivity contribution < 1.29 is 0 Å². The van der Waals surface area contributed by atoms with Gasteiger partial charge >= 0.3 is 0 Å². The van der Waals surface area contributed by atoms with E-state index >= 15 is 0 Å². The lowest BCUT2D eigenvalue weighted by molar-refractivity contribution is 0.935. The maximum atomic E-state index is 2.41. The molecule has 0 heterocycles. The molecule has 8 heavy (non-hydrogen) atoms. The van der Waals surface area contributed by atoms with Crippen molar-refractivity contribution in [2.24, 2.45) is 0 Å². The van der Waals surface area contributed by atoms with Crippen LogP contribution in [0.2, 0.25) is 0 Å². The first-order valence-electron chi connectivity index (χ1n) is 2.93. The van der Waals surface area contributed by atoms with E-state index in [2.05, 4.69) is 55.5 Å². The van der Waals surface area contributed by atoms with Crippen molar-refractivity contribution in [1.29, 1.82) is 0 Å². The second-order valence-corrected chi connectivity index (χ2v) is 5.16. The average molecular weight is 224 g/mol. The molecule has 0 nitrogen and oxygen atoms in total. The summed E-state index contributed by atoms with van der Waals surface area (Å²) >= 11 is 2.41. The van der Waals surface area contributed by atoms with Crippen LogP contribution in [0.4, 0.5) is 0 Å². The Hall–Kier alpha value is 0.470. The Kier molecular flexibility index (Phi) is 3.69. The Balaban J connectivity index is 3.52. The SMILES string of the molecule is CC/C=C\C(C)(C)I. The van der Waals surface area contributed by atoms with Gasteiger partial charge in [-0.25, -0.2) is 0 Å². The molecule has 0 aliphatic heterocycles. The number of hydrogen-bond acceptors (Lipinski definition) is 0. The van der Waals surface area contributed by atoms with Crippen LogP contribution in [0.25, 0.3) is 0 Å². The summed E-state index contributed by atoms with van der Waals surface area (Å²) in [6.45, 7) is 6.54. The second-order valence-electron chi connectivity index (χ2n) is 2.38. The van der Waals surface area contributed by atoms with Gasteiger partial charge in [-0.3, -0.25) is 0 Å². The molecule has 1 heteroatoms. The van der Waals surface area contributed by atoms with Crippen LogP contribution in [0.1, 0.15) is 27.2 Å². The molecule has 0 radical (unpaired) electrons. The first kappa shape index (κ1) is 8.47. The summed E-state index contributed by atoms with van der Waals surface area (Å²) in [6.07, 6.45) is 5.58. The minimum absolute atomic E-state index is 0.341. The number of alkyl halides is 1. The molecule has 0 amide bonds. The lowest BCUT2D eigenvalue weighted by Crippen LogP contribution is -2.01. The zero-order valence-corrected chi connectivity index (χ0v) is 7.90. The fourth-order valence-corrected chi connectivity index (χ4v) is 0.652. The molecule has 0 N–H and O–H groups in total. The van der Waals surface area contributed by atoms with Gasteiger partial charge in [0.25, 0.3) is 0 Å². The van der Waals surface area contributed by atoms with Gasteiger partial charge in [0.2, 0.25) is 0 Å². The maximum Gasteiger partial charge on any atom is 0.0344 e. The van der Waals surface area contributed by atoms with Crippen LogP contribution in [0, 0.1) is 0 Å². The molecule has 0 unspecified atom stereocenters. The van der Waals surface area contributed by atoms with Crippen molar-refractivity contribution in [3.63, 3.8) is 0 Å². The molecule has 0 aromatic carbocycles. The number of allylic oxidation sites excluding steroid dienone is 2. The fraction of sp³-hybridized carbons (Fsp3) is 0.714. The van der Waals surface area contributed by atoms with E-state index in [1.165, 1.54) is 0 Å². The zero-order chi connectivity index (χ0) is 6.62. The van der Waals surface area contributed by atoms with Crippen molar-refractivity contribution in [3.05, 3.63) is 12.2 Å². The highest BCUT2D eigenvalue weighted by Crippen LogP contribution is 2.17. The number of rotatable bonds is 2. The summed E-state index contributed by atoms with van der Waals surface area (Å²) in [7, 11) is 0. The van der Waals surface area contributed by atoms with Crippen molar-refractivity contribution in [2.75, 3.05) is 0 Å². The van der Waals surface area contributed by atoms with Crippen molar-refractivity contribution in [2.45, 2.75) is 30.6 Å². The smallest absolute Gasteiger partial charge is 0.0344 e. The van der Waals surface area contributed by atoms with Crippen LogP contribution in [0.5, 0.6) is 0 Å². The quantitative estimate of drug-likeness (QED) is 0.384. The van der Waals surface area contributed by atoms with Gasteiger partial charge in [0.15, 0.2) is 0 Å². The van der Waals surface area contributed by atoms with Gasteiger partial charge in [0, 0.05) is 3.42 Å². The lowest BCUT2D eigenvalue weighted by atomic mass is 10.2. The Bertz CT molecular complexity index is 76.9. The van der Waals surface area contributed by atoms with Gasteiger partial charge in [0.05, 0.1) is 0 Å². The summed E-state index contributed by atoms with van der Waals surface area (Å²) in [5.41, 5.74) is 0. The van der Waals surface area contributed by atoms with Crippen LogP contribution < -0.4 is 0 Å². The predicted molar refractivity (Wildman–Crippen MR) is 47.5 cm³/mol. The average Bonchev–Trinajstić information content (AvgIpc) is 1.59. The molecule has 48 valence electrons. The van der Waals surface area contributed by atoms with Crippen LogP contribution >= 0.6 is 22.6 Å². The molecule has 0 fully saturated rings. The summed E-state index contributed by atoms with van der Waals surface area (Å²) in [5.74, 6) is 0. The van der Waals surface area contributed by atoms with E-state index in [1.807, 2.05) is 0 Å². The highest BCUT2D eigenvalue weighted by molar-refractivity contribution is 14.1. The molecule has 0 bridgehead atoms. The highest BCUT2D eigenvalue weighted by Gasteiger charge is 2.04. The molecule has 0 aliphatic rings. The van der Waals surface area contributed by atoms with E-state index in [0.717, 1.165) is 6.42 Å². The fourth-order valence-electron chi connectivity index (χ4n) is 0.398. The predicted octanol–water partition coefficient (Wildman–Crippen LogP) is 3.17. The first-order valence-corrected chi connectivity index (χ1v) is 4.01. The highest BCUT2D eigenvalue weighted by atomic mass is 127. The molecular formula is C7H13I. The van der Waals surface area contributed by atoms with E-state index in [1.54, 1.807) is 0 Å². The van der Waals surface area contributed by atoms with Gasteiger partial charge in [-0.1, -0.05) is 41.7 Å². The standard InChI is InChI=1S/C7H13I/c1-4-5-6-7(2,3)8/h5-6H,4H2,1-3H3/b6-5-. The zero-order valence-electron chi connectivity index (χ0n) is 5.74. The molecule has 0 atom stereocenters. The normalized spacial score (nSPS) is 13.0. The van der Waals surface area contributed by atoms with Gasteiger partial charge in [-0.05, 0) is 20.3 Å². The molecule has 0 saturated carbocycles. The summed E-state index contributed by atoms with van der Waals surface area (Å²) in [4.78, 5) is 0. The number of halogens is 1. The van der Waals surface area contributed by atoms with Crippen molar-refractivity contribution in [1.82, 2.24) is 0 Å². The van der Waals surface area contributed by atoms with E-state index < -0.39 is 0 Å². The molecule has 0 aliphatic carbocycles. The Morgan fingerprint density at radius 3 is 2.12 bits per heavy atom. The van der Waals surface area contributed by atoms with Gasteiger partial charge in [0.1, 0.15) is 0 Å². The van der Waals surface area contributed by atoms with Crippen molar-refractivity contribution in [3.8, 4) is 0 Å². The monoisotopic (exact) mass is 224 g/mol. The van der Waals surface area contributed by atoms with Crippen LogP contribution in [-0.4, -0.2) is 3.42 Å². The Morgan fingerprint density at radius 1 is 1.50 bits per heavy atom. The van der Waals surface area contributed by atoms with Gasteiger partial charge in [-0.2, -0.15) is 0 Å². The molecular weight excluding hydrogens is 211 g/mol. The largest absolute Gasteiger partial charge is 0.0875 e. The molecule has 0 rings (SSSR count).